The van der Waals surface area contributed by atoms with Gasteiger partial charge in [-0.2, -0.15) is 26.3 Å². The van der Waals surface area contributed by atoms with Crippen molar-refractivity contribution in [1.82, 2.24) is 0 Å². The van der Waals surface area contributed by atoms with Crippen molar-refractivity contribution in [2.24, 2.45) is 0 Å². The molecule has 0 fully saturated rings. The number of benzene rings is 2. The van der Waals surface area contributed by atoms with E-state index in [4.69, 9.17) is 11.6 Å². The van der Waals surface area contributed by atoms with Crippen LogP contribution < -0.4 is 5.32 Å². The van der Waals surface area contributed by atoms with E-state index in [9.17, 15) is 36.2 Å². The van der Waals surface area contributed by atoms with Crippen LogP contribution in [0.2, 0.25) is 5.02 Å². The molecule has 0 unspecified atom stereocenters. The first-order valence-electron chi connectivity index (χ1n) is 6.90. The molecule has 2 N–H and O–H groups in total. The molecule has 0 heterocycles. The van der Waals surface area contributed by atoms with E-state index in [0.717, 1.165) is 12.1 Å². The summed E-state index contributed by atoms with van der Waals surface area (Å²) >= 11 is 5.83. The Bertz CT molecular complexity index is 788. The van der Waals surface area contributed by atoms with Gasteiger partial charge in [-0.25, -0.2) is 0 Å². The van der Waals surface area contributed by atoms with Crippen LogP contribution in [0.5, 0.6) is 0 Å². The van der Waals surface area contributed by atoms with Gasteiger partial charge < -0.3 is 10.4 Å². The van der Waals surface area contributed by atoms with Crippen molar-refractivity contribution < 1.29 is 36.2 Å². The molecule has 3 nitrogen and oxygen atoms in total. The number of carbonyl (C=O) groups is 1. The molecule has 2 rings (SSSR count). The molecule has 10 heteroatoms. The number of halogens is 7. The maximum absolute atomic E-state index is 12.8. The molecule has 0 saturated heterocycles. The van der Waals surface area contributed by atoms with E-state index in [1.165, 1.54) is 18.2 Å². The van der Waals surface area contributed by atoms with Crippen LogP contribution >= 0.6 is 11.6 Å². The predicted octanol–water partition coefficient (Wildman–Crippen LogP) is 4.90. The SMILES string of the molecule is O=C(Nc1ccc(C(O)(C(F)(F)F)C(F)(F)F)cc1)c1ccccc1Cl. The van der Waals surface area contributed by atoms with Gasteiger partial charge in [0.25, 0.3) is 11.5 Å². The Morgan fingerprint density at radius 1 is 0.885 bits per heavy atom. The summed E-state index contributed by atoms with van der Waals surface area (Å²) < 4.78 is 76.8. The van der Waals surface area contributed by atoms with Crippen LogP contribution in [0, 0.1) is 0 Å². The molecule has 0 atom stereocenters. The Labute approximate surface area is 148 Å². The molecule has 0 aromatic heterocycles. The van der Waals surface area contributed by atoms with Crippen molar-refractivity contribution >= 4 is 23.2 Å². The second kappa shape index (κ2) is 6.81. The highest BCUT2D eigenvalue weighted by atomic mass is 35.5. The predicted molar refractivity (Wildman–Crippen MR) is 81.9 cm³/mol. The minimum absolute atomic E-state index is 0.0698. The number of aliphatic hydroxyl groups is 1. The highest BCUT2D eigenvalue weighted by Gasteiger charge is 2.71. The zero-order chi connectivity index (χ0) is 19.8. The molecule has 0 radical (unpaired) electrons. The Morgan fingerprint density at radius 2 is 1.38 bits per heavy atom. The minimum atomic E-state index is -5.98. The monoisotopic (exact) mass is 397 g/mol. The molecule has 0 aliphatic rings. The highest BCUT2D eigenvalue weighted by Crippen LogP contribution is 2.50. The molecule has 0 saturated carbocycles. The summed E-state index contributed by atoms with van der Waals surface area (Å²) in [4.78, 5) is 12.0. The lowest BCUT2D eigenvalue weighted by molar-refractivity contribution is -0.376. The summed E-state index contributed by atoms with van der Waals surface area (Å²) in [5.41, 5.74) is -6.45. The second-order valence-electron chi connectivity index (χ2n) is 5.22. The number of rotatable bonds is 3. The Morgan fingerprint density at radius 3 is 1.85 bits per heavy atom. The van der Waals surface area contributed by atoms with E-state index >= 15 is 0 Å². The van der Waals surface area contributed by atoms with E-state index in [-0.39, 0.29) is 16.3 Å². The van der Waals surface area contributed by atoms with Crippen LogP contribution in [0.15, 0.2) is 48.5 Å². The minimum Gasteiger partial charge on any atom is -0.369 e. The van der Waals surface area contributed by atoms with Crippen molar-refractivity contribution in [1.29, 1.82) is 0 Å². The molecule has 140 valence electrons. The normalized spacial score (nSPS) is 12.8. The number of alkyl halides is 6. The van der Waals surface area contributed by atoms with E-state index in [2.05, 4.69) is 5.32 Å². The average Bonchev–Trinajstić information content (AvgIpc) is 2.53. The highest BCUT2D eigenvalue weighted by molar-refractivity contribution is 6.34. The van der Waals surface area contributed by atoms with E-state index in [0.29, 0.717) is 12.1 Å². The Kier molecular flexibility index (Phi) is 5.25. The molecule has 0 aliphatic carbocycles. The molecular weight excluding hydrogens is 388 g/mol. The summed E-state index contributed by atoms with van der Waals surface area (Å²) in [7, 11) is 0. The lowest BCUT2D eigenvalue weighted by atomic mass is 9.92. The molecule has 26 heavy (non-hydrogen) atoms. The van der Waals surface area contributed by atoms with Crippen LogP contribution in [0.25, 0.3) is 0 Å². The quantitative estimate of drug-likeness (QED) is 0.723. The number of carbonyl (C=O) groups excluding carboxylic acids is 1. The maximum Gasteiger partial charge on any atom is 0.430 e. The van der Waals surface area contributed by atoms with Gasteiger partial charge in [-0.05, 0) is 24.3 Å². The fraction of sp³-hybridized carbons (Fsp3) is 0.188. The average molecular weight is 398 g/mol. The standard InChI is InChI=1S/C16H10ClF6NO2/c17-12-4-2-1-3-11(12)13(25)24-10-7-5-9(6-8-10)14(26,15(18,19)20)16(21,22)23/h1-8,26H,(H,24,25). The van der Waals surface area contributed by atoms with Crippen molar-refractivity contribution in [2.45, 2.75) is 18.0 Å². The Hall–Kier alpha value is -2.26. The van der Waals surface area contributed by atoms with Crippen LogP contribution in [0.4, 0.5) is 32.0 Å². The summed E-state index contributed by atoms with van der Waals surface area (Å²) in [5, 5.41) is 11.7. The van der Waals surface area contributed by atoms with Crippen LogP contribution in [0.3, 0.4) is 0 Å². The van der Waals surface area contributed by atoms with E-state index < -0.39 is 29.4 Å². The summed E-state index contributed by atoms with van der Waals surface area (Å²) in [6.07, 6.45) is -12.0. The number of nitrogens with one attached hydrogen (secondary N) is 1. The molecule has 0 spiro atoms. The van der Waals surface area contributed by atoms with E-state index in [1.54, 1.807) is 6.07 Å². The third-order valence-electron chi connectivity index (χ3n) is 3.50. The van der Waals surface area contributed by atoms with Gasteiger partial charge in [-0.1, -0.05) is 35.9 Å². The zero-order valence-electron chi connectivity index (χ0n) is 12.6. The van der Waals surface area contributed by atoms with Gasteiger partial charge >= 0.3 is 12.4 Å². The van der Waals surface area contributed by atoms with Crippen LogP contribution in [0.1, 0.15) is 15.9 Å². The topological polar surface area (TPSA) is 49.3 Å². The number of amides is 1. The number of hydrogen-bond donors (Lipinski definition) is 2. The number of anilines is 1. The van der Waals surface area contributed by atoms with Gasteiger partial charge in [0.1, 0.15) is 0 Å². The smallest absolute Gasteiger partial charge is 0.369 e. The maximum atomic E-state index is 12.8. The van der Waals surface area contributed by atoms with Crippen LogP contribution in [-0.2, 0) is 5.60 Å². The van der Waals surface area contributed by atoms with Gasteiger partial charge in [0, 0.05) is 11.3 Å². The third-order valence-corrected chi connectivity index (χ3v) is 3.83. The Balaban J connectivity index is 2.30. The first-order valence-corrected chi connectivity index (χ1v) is 7.28. The zero-order valence-corrected chi connectivity index (χ0v) is 13.4. The van der Waals surface area contributed by atoms with E-state index in [1.807, 2.05) is 0 Å². The number of hydrogen-bond acceptors (Lipinski definition) is 2. The molecule has 2 aromatic rings. The van der Waals surface area contributed by atoms with Crippen molar-refractivity contribution in [3.63, 3.8) is 0 Å². The summed E-state index contributed by atoms with van der Waals surface area (Å²) in [6.45, 7) is 0. The van der Waals surface area contributed by atoms with Gasteiger partial charge in [0.2, 0.25) is 0 Å². The lowest BCUT2D eigenvalue weighted by Gasteiger charge is -2.32. The van der Waals surface area contributed by atoms with Crippen molar-refractivity contribution in [2.75, 3.05) is 5.32 Å². The first-order chi connectivity index (χ1) is 11.9. The molecule has 2 aromatic carbocycles. The fourth-order valence-electron chi connectivity index (χ4n) is 2.13. The van der Waals surface area contributed by atoms with Gasteiger partial charge in [0.05, 0.1) is 10.6 Å². The third kappa shape index (κ3) is 3.63. The van der Waals surface area contributed by atoms with Crippen LogP contribution in [-0.4, -0.2) is 23.4 Å². The summed E-state index contributed by atoms with van der Waals surface area (Å²) in [5.74, 6) is -0.703. The van der Waals surface area contributed by atoms with Crippen molar-refractivity contribution in [3.8, 4) is 0 Å². The lowest BCUT2D eigenvalue weighted by Crippen LogP contribution is -2.53. The van der Waals surface area contributed by atoms with Crippen molar-refractivity contribution in [3.05, 3.63) is 64.7 Å². The van der Waals surface area contributed by atoms with Gasteiger partial charge in [0.15, 0.2) is 0 Å². The largest absolute Gasteiger partial charge is 0.430 e. The molecule has 0 aliphatic heterocycles. The second-order valence-corrected chi connectivity index (χ2v) is 5.62. The summed E-state index contributed by atoms with van der Waals surface area (Å²) in [6, 6.07) is 8.41. The fourth-order valence-corrected chi connectivity index (χ4v) is 2.35. The molecular formula is C16H10ClF6NO2. The van der Waals surface area contributed by atoms with Gasteiger partial charge in [-0.3, -0.25) is 4.79 Å². The van der Waals surface area contributed by atoms with Gasteiger partial charge in [-0.15, -0.1) is 0 Å². The first kappa shape index (κ1) is 20.1. The molecule has 0 bridgehead atoms. The molecule has 1 amide bonds.